The molecule has 3 aromatic rings. The van der Waals surface area contributed by atoms with E-state index in [2.05, 4.69) is 24.3 Å². The Hall–Kier alpha value is -1.66. The molecule has 0 fully saturated rings. The van der Waals surface area contributed by atoms with Crippen molar-refractivity contribution in [2.45, 2.75) is 13.0 Å². The number of fused-ring (bicyclic) bond motifs is 1. The van der Waals surface area contributed by atoms with E-state index in [0.29, 0.717) is 5.02 Å². The predicted molar refractivity (Wildman–Crippen MR) is 73.1 cm³/mol. The third kappa shape index (κ3) is 1.93. The zero-order valence-corrected chi connectivity index (χ0v) is 11.1. The lowest BCUT2D eigenvalue weighted by Crippen LogP contribution is -2.06. The van der Waals surface area contributed by atoms with Gasteiger partial charge in [0.05, 0.1) is 34.7 Å². The molecule has 0 saturated heterocycles. The quantitative estimate of drug-likeness (QED) is 0.772. The Morgan fingerprint density at radius 2 is 2.28 bits per heavy atom. The van der Waals surface area contributed by atoms with Crippen LogP contribution in [-0.2, 0) is 0 Å². The molecule has 3 rings (SSSR count). The van der Waals surface area contributed by atoms with Crippen molar-refractivity contribution in [3.05, 3.63) is 35.1 Å². The van der Waals surface area contributed by atoms with Crippen molar-refractivity contribution in [1.29, 1.82) is 0 Å². The van der Waals surface area contributed by atoms with Gasteiger partial charge in [-0.05, 0) is 19.1 Å². The number of H-pyrrole nitrogens is 1. The molecule has 7 heteroatoms. The van der Waals surface area contributed by atoms with Crippen molar-refractivity contribution in [2.75, 3.05) is 5.32 Å². The molecule has 0 spiro atoms. The van der Waals surface area contributed by atoms with Gasteiger partial charge in [-0.1, -0.05) is 11.6 Å². The molecule has 2 N–H and O–H groups in total. The number of aromatic nitrogens is 4. The Morgan fingerprint density at radius 1 is 1.39 bits per heavy atom. The Kier molecular flexibility index (Phi) is 2.89. The molecule has 0 aliphatic carbocycles. The van der Waals surface area contributed by atoms with E-state index >= 15 is 0 Å². The Labute approximate surface area is 113 Å². The second-order valence-electron chi connectivity index (χ2n) is 3.95. The lowest BCUT2D eigenvalue weighted by Gasteiger charge is -2.14. The van der Waals surface area contributed by atoms with Gasteiger partial charge in [0.2, 0.25) is 0 Å². The number of hydrogen-bond acceptors (Lipinski definition) is 5. The third-order valence-electron chi connectivity index (χ3n) is 2.76. The fourth-order valence-corrected chi connectivity index (χ4v) is 2.51. The highest BCUT2D eigenvalue weighted by molar-refractivity contribution is 7.00. The molecule has 2 aromatic heterocycles. The summed E-state index contributed by atoms with van der Waals surface area (Å²) in [6.07, 6.45) is 3.63. The predicted octanol–water partition coefficient (Wildman–Crippen LogP) is 3.24. The molecule has 1 atom stereocenters. The highest BCUT2D eigenvalue weighted by atomic mass is 35.5. The number of halogens is 1. The van der Waals surface area contributed by atoms with Crippen LogP contribution in [0.25, 0.3) is 11.0 Å². The number of benzene rings is 1. The van der Waals surface area contributed by atoms with Crippen molar-refractivity contribution < 1.29 is 0 Å². The number of nitrogens with zero attached hydrogens (tertiary/aromatic N) is 3. The summed E-state index contributed by atoms with van der Waals surface area (Å²) in [6, 6.07) is 3.79. The number of anilines is 1. The molecule has 0 bridgehead atoms. The minimum Gasteiger partial charge on any atom is -0.375 e. The summed E-state index contributed by atoms with van der Waals surface area (Å²) in [7, 11) is 0. The van der Waals surface area contributed by atoms with Crippen LogP contribution in [0.4, 0.5) is 5.69 Å². The van der Waals surface area contributed by atoms with Gasteiger partial charge in [0.25, 0.3) is 0 Å². The molecule has 1 unspecified atom stereocenters. The number of nitrogens with one attached hydrogen (secondary N) is 2. The fourth-order valence-electron chi connectivity index (χ4n) is 1.76. The van der Waals surface area contributed by atoms with Crippen LogP contribution in [0.5, 0.6) is 0 Å². The topological polar surface area (TPSA) is 66.5 Å². The van der Waals surface area contributed by atoms with Crippen molar-refractivity contribution in [3.8, 4) is 0 Å². The van der Waals surface area contributed by atoms with Gasteiger partial charge >= 0.3 is 0 Å². The first-order chi connectivity index (χ1) is 8.75. The van der Waals surface area contributed by atoms with Gasteiger partial charge in [-0.15, -0.1) is 0 Å². The number of aromatic amines is 1. The summed E-state index contributed by atoms with van der Waals surface area (Å²) >= 11 is 7.40. The molecule has 1 aromatic carbocycles. The standard InChI is InChI=1S/C11H10ClN5S/c1-6(7-4-13-14-5-7)15-10-8(12)2-3-9-11(10)17-18-16-9/h2-6,15H,1H3,(H,13,14). The van der Waals surface area contributed by atoms with E-state index in [-0.39, 0.29) is 6.04 Å². The number of rotatable bonds is 3. The number of hydrogen-bond donors (Lipinski definition) is 2. The van der Waals surface area contributed by atoms with Crippen LogP contribution in [0, 0.1) is 0 Å². The van der Waals surface area contributed by atoms with Crippen LogP contribution in [0.1, 0.15) is 18.5 Å². The van der Waals surface area contributed by atoms with Gasteiger partial charge in [-0.2, -0.15) is 13.8 Å². The minimum absolute atomic E-state index is 0.0912. The second kappa shape index (κ2) is 4.55. The largest absolute Gasteiger partial charge is 0.375 e. The Morgan fingerprint density at radius 3 is 3.06 bits per heavy atom. The van der Waals surface area contributed by atoms with Gasteiger partial charge in [0.1, 0.15) is 11.0 Å². The molecule has 0 saturated carbocycles. The molecular weight excluding hydrogens is 270 g/mol. The Balaban J connectivity index is 1.99. The SMILES string of the molecule is CC(Nc1c(Cl)ccc2nsnc12)c1cn[nH]c1. The van der Waals surface area contributed by atoms with Crippen LogP contribution in [0.2, 0.25) is 5.02 Å². The highest BCUT2D eigenvalue weighted by Gasteiger charge is 2.13. The lowest BCUT2D eigenvalue weighted by molar-refractivity contribution is 0.887. The zero-order chi connectivity index (χ0) is 12.5. The van der Waals surface area contributed by atoms with Gasteiger partial charge in [-0.3, -0.25) is 5.10 Å². The molecule has 0 radical (unpaired) electrons. The maximum absolute atomic E-state index is 6.22. The van der Waals surface area contributed by atoms with E-state index in [1.54, 1.807) is 6.20 Å². The molecule has 92 valence electrons. The normalized spacial score (nSPS) is 12.8. The van der Waals surface area contributed by atoms with E-state index in [4.69, 9.17) is 11.6 Å². The molecule has 0 amide bonds. The van der Waals surface area contributed by atoms with Crippen molar-refractivity contribution >= 4 is 40.0 Å². The average molecular weight is 280 g/mol. The summed E-state index contributed by atoms with van der Waals surface area (Å²) in [4.78, 5) is 0. The average Bonchev–Trinajstić information content (AvgIpc) is 3.02. The molecule has 18 heavy (non-hydrogen) atoms. The van der Waals surface area contributed by atoms with Gasteiger partial charge in [0, 0.05) is 11.8 Å². The molecule has 0 aliphatic heterocycles. The maximum atomic E-state index is 6.22. The summed E-state index contributed by atoms with van der Waals surface area (Å²) in [5, 5.41) is 10.7. The molecule has 5 nitrogen and oxygen atoms in total. The fraction of sp³-hybridized carbons (Fsp3) is 0.182. The van der Waals surface area contributed by atoms with Gasteiger partial charge in [0.15, 0.2) is 0 Å². The molecule has 0 aliphatic rings. The second-order valence-corrected chi connectivity index (χ2v) is 4.89. The monoisotopic (exact) mass is 279 g/mol. The first-order valence-corrected chi connectivity index (χ1v) is 6.52. The van der Waals surface area contributed by atoms with E-state index in [1.807, 2.05) is 25.3 Å². The van der Waals surface area contributed by atoms with Crippen molar-refractivity contribution in [2.24, 2.45) is 0 Å². The van der Waals surface area contributed by atoms with Crippen molar-refractivity contribution in [1.82, 2.24) is 18.9 Å². The first-order valence-electron chi connectivity index (χ1n) is 5.41. The molecular formula is C11H10ClN5S. The summed E-state index contributed by atoms with van der Waals surface area (Å²) in [5.41, 5.74) is 3.54. The minimum atomic E-state index is 0.0912. The summed E-state index contributed by atoms with van der Waals surface area (Å²) in [6.45, 7) is 2.04. The van der Waals surface area contributed by atoms with Crippen LogP contribution in [0.3, 0.4) is 0 Å². The maximum Gasteiger partial charge on any atom is 0.129 e. The first kappa shape index (κ1) is 11.4. The van der Waals surface area contributed by atoms with E-state index in [1.165, 1.54) is 11.7 Å². The van der Waals surface area contributed by atoms with Crippen molar-refractivity contribution in [3.63, 3.8) is 0 Å². The van der Waals surface area contributed by atoms with E-state index in [0.717, 1.165) is 22.3 Å². The molecule has 2 heterocycles. The smallest absolute Gasteiger partial charge is 0.129 e. The highest BCUT2D eigenvalue weighted by Crippen LogP contribution is 2.32. The van der Waals surface area contributed by atoms with Crippen LogP contribution in [0.15, 0.2) is 24.5 Å². The van der Waals surface area contributed by atoms with Gasteiger partial charge < -0.3 is 5.32 Å². The van der Waals surface area contributed by atoms with E-state index in [9.17, 15) is 0 Å². The summed E-state index contributed by atoms with van der Waals surface area (Å²) in [5.74, 6) is 0. The van der Waals surface area contributed by atoms with Crippen LogP contribution < -0.4 is 5.32 Å². The lowest BCUT2D eigenvalue weighted by atomic mass is 10.1. The van der Waals surface area contributed by atoms with E-state index < -0.39 is 0 Å². The van der Waals surface area contributed by atoms with Crippen LogP contribution in [-0.4, -0.2) is 18.9 Å². The summed E-state index contributed by atoms with van der Waals surface area (Å²) < 4.78 is 8.48. The Bertz CT molecular complexity index is 663. The zero-order valence-electron chi connectivity index (χ0n) is 9.51. The third-order valence-corrected chi connectivity index (χ3v) is 3.61. The van der Waals surface area contributed by atoms with Crippen LogP contribution >= 0.6 is 23.3 Å². The van der Waals surface area contributed by atoms with Gasteiger partial charge in [-0.25, -0.2) is 0 Å².